The van der Waals surface area contributed by atoms with Crippen LogP contribution in [0.15, 0.2) is 61.2 Å². The SMILES string of the molecule is Cc1cncc(C(=O)N2CCC(c3ccc(F)cc3)CC2)c1NCc1cccnc1. The van der Waals surface area contributed by atoms with Gasteiger partial charge >= 0.3 is 0 Å². The molecule has 0 spiro atoms. The normalized spacial score (nSPS) is 14.5. The van der Waals surface area contributed by atoms with Crippen molar-refractivity contribution < 1.29 is 9.18 Å². The number of carbonyl (C=O) groups excluding carboxylic acids is 1. The highest BCUT2D eigenvalue weighted by Gasteiger charge is 2.26. The molecule has 2 aromatic heterocycles. The quantitative estimate of drug-likeness (QED) is 0.678. The second kappa shape index (κ2) is 9.03. The van der Waals surface area contributed by atoms with Crippen LogP contribution in [0.1, 0.15) is 45.8 Å². The molecule has 0 unspecified atom stereocenters. The lowest BCUT2D eigenvalue weighted by atomic mass is 9.89. The predicted molar refractivity (Wildman–Crippen MR) is 115 cm³/mol. The number of nitrogens with zero attached hydrogens (tertiary/aromatic N) is 3. The van der Waals surface area contributed by atoms with E-state index in [1.165, 1.54) is 12.1 Å². The molecule has 0 atom stereocenters. The third-order valence-corrected chi connectivity index (χ3v) is 5.68. The van der Waals surface area contributed by atoms with Gasteiger partial charge < -0.3 is 10.2 Å². The number of aryl methyl sites for hydroxylation is 1. The summed E-state index contributed by atoms with van der Waals surface area (Å²) >= 11 is 0. The van der Waals surface area contributed by atoms with Crippen LogP contribution in [0.2, 0.25) is 0 Å². The molecular formula is C24H25FN4O. The largest absolute Gasteiger partial charge is 0.380 e. The number of hydrogen-bond donors (Lipinski definition) is 1. The number of hydrogen-bond acceptors (Lipinski definition) is 4. The fourth-order valence-corrected chi connectivity index (χ4v) is 3.98. The highest BCUT2D eigenvalue weighted by atomic mass is 19.1. The maximum atomic E-state index is 13.3. The lowest BCUT2D eigenvalue weighted by Crippen LogP contribution is -2.38. The zero-order valence-corrected chi connectivity index (χ0v) is 17.0. The molecule has 1 amide bonds. The number of benzene rings is 1. The number of rotatable bonds is 5. The number of amides is 1. The van der Waals surface area contributed by atoms with Crippen molar-refractivity contribution in [2.45, 2.75) is 32.2 Å². The molecule has 3 aromatic rings. The van der Waals surface area contributed by atoms with Crippen molar-refractivity contribution in [3.05, 3.63) is 89.3 Å². The second-order valence-electron chi connectivity index (χ2n) is 7.71. The fraction of sp³-hybridized carbons (Fsp3) is 0.292. The van der Waals surface area contributed by atoms with Crippen LogP contribution in [-0.2, 0) is 6.54 Å². The van der Waals surface area contributed by atoms with Crippen molar-refractivity contribution in [1.29, 1.82) is 0 Å². The molecule has 6 heteroatoms. The van der Waals surface area contributed by atoms with Gasteiger partial charge in [0, 0.05) is 44.4 Å². The summed E-state index contributed by atoms with van der Waals surface area (Å²) in [6, 6.07) is 10.6. The number of nitrogens with one attached hydrogen (secondary N) is 1. The van der Waals surface area contributed by atoms with Gasteiger partial charge in [-0.2, -0.15) is 0 Å². The van der Waals surface area contributed by atoms with Crippen LogP contribution in [0.5, 0.6) is 0 Å². The highest BCUT2D eigenvalue weighted by Crippen LogP contribution is 2.30. The number of pyridine rings is 2. The van der Waals surface area contributed by atoms with E-state index in [1.807, 2.05) is 42.3 Å². The molecule has 0 radical (unpaired) electrons. The Labute approximate surface area is 176 Å². The Morgan fingerprint density at radius 2 is 1.87 bits per heavy atom. The smallest absolute Gasteiger partial charge is 0.257 e. The van der Waals surface area contributed by atoms with E-state index in [0.717, 1.165) is 35.2 Å². The molecule has 1 N–H and O–H groups in total. The number of halogens is 1. The Hall–Kier alpha value is -3.28. The first-order valence-corrected chi connectivity index (χ1v) is 10.2. The summed E-state index contributed by atoms with van der Waals surface area (Å²) in [5.41, 5.74) is 4.54. The van der Waals surface area contributed by atoms with Crippen LogP contribution < -0.4 is 5.32 Å². The minimum atomic E-state index is -0.218. The fourth-order valence-electron chi connectivity index (χ4n) is 3.98. The summed E-state index contributed by atoms with van der Waals surface area (Å²) in [4.78, 5) is 23.5. The van der Waals surface area contributed by atoms with E-state index in [9.17, 15) is 9.18 Å². The lowest BCUT2D eigenvalue weighted by molar-refractivity contribution is 0.0713. The van der Waals surface area contributed by atoms with Gasteiger partial charge in [-0.15, -0.1) is 0 Å². The van der Waals surface area contributed by atoms with Gasteiger partial charge in [-0.3, -0.25) is 14.8 Å². The number of piperidine rings is 1. The Bertz CT molecular complexity index is 999. The van der Waals surface area contributed by atoms with Gasteiger partial charge in [0.25, 0.3) is 5.91 Å². The summed E-state index contributed by atoms with van der Waals surface area (Å²) in [6.45, 7) is 3.90. The van der Waals surface area contributed by atoms with Crippen LogP contribution in [0.3, 0.4) is 0 Å². The van der Waals surface area contributed by atoms with Crippen LogP contribution in [0.4, 0.5) is 10.1 Å². The average Bonchev–Trinajstić information content (AvgIpc) is 2.79. The van der Waals surface area contributed by atoms with E-state index in [-0.39, 0.29) is 11.7 Å². The topological polar surface area (TPSA) is 58.1 Å². The standard InChI is InChI=1S/C24H25FN4O/c1-17-13-27-16-22(23(17)28-15-18-3-2-10-26-14-18)24(30)29-11-8-20(9-12-29)19-4-6-21(25)7-5-19/h2-7,10,13-14,16,20H,8-9,11-12,15H2,1H3,(H,27,28). The molecule has 4 rings (SSSR count). The van der Waals surface area contributed by atoms with E-state index in [1.54, 1.807) is 18.6 Å². The molecule has 30 heavy (non-hydrogen) atoms. The highest BCUT2D eigenvalue weighted by molar-refractivity contribution is 6.00. The summed E-state index contributed by atoms with van der Waals surface area (Å²) in [7, 11) is 0. The monoisotopic (exact) mass is 404 g/mol. The Kier molecular flexibility index (Phi) is 6.02. The minimum absolute atomic E-state index is 0.00237. The van der Waals surface area contributed by atoms with Gasteiger partial charge in [-0.05, 0) is 60.6 Å². The average molecular weight is 404 g/mol. The first-order valence-electron chi connectivity index (χ1n) is 10.2. The number of aromatic nitrogens is 2. The van der Waals surface area contributed by atoms with E-state index in [0.29, 0.717) is 31.1 Å². The number of carbonyl (C=O) groups is 1. The van der Waals surface area contributed by atoms with Crippen molar-refractivity contribution >= 4 is 11.6 Å². The first-order chi connectivity index (χ1) is 14.6. The van der Waals surface area contributed by atoms with Crippen LogP contribution in [0.25, 0.3) is 0 Å². The Morgan fingerprint density at radius 1 is 1.10 bits per heavy atom. The molecule has 0 saturated carbocycles. The van der Waals surface area contributed by atoms with Gasteiger partial charge in [-0.25, -0.2) is 4.39 Å². The Morgan fingerprint density at radius 3 is 2.57 bits per heavy atom. The van der Waals surface area contributed by atoms with Crippen molar-refractivity contribution in [3.63, 3.8) is 0 Å². The van der Waals surface area contributed by atoms with Crippen molar-refractivity contribution in [2.24, 2.45) is 0 Å². The molecule has 154 valence electrons. The van der Waals surface area contributed by atoms with E-state index < -0.39 is 0 Å². The third-order valence-electron chi connectivity index (χ3n) is 5.68. The van der Waals surface area contributed by atoms with Gasteiger partial charge in [0.15, 0.2) is 0 Å². The zero-order valence-electron chi connectivity index (χ0n) is 17.0. The van der Waals surface area contributed by atoms with Crippen molar-refractivity contribution in [2.75, 3.05) is 18.4 Å². The van der Waals surface area contributed by atoms with Crippen LogP contribution in [0, 0.1) is 12.7 Å². The molecule has 1 fully saturated rings. The van der Waals surface area contributed by atoms with Gasteiger partial charge in [0.2, 0.25) is 0 Å². The maximum Gasteiger partial charge on any atom is 0.257 e. The molecule has 1 aromatic carbocycles. The molecule has 5 nitrogen and oxygen atoms in total. The summed E-state index contributed by atoms with van der Waals surface area (Å²) in [5, 5.41) is 3.39. The molecule has 1 aliphatic rings. The van der Waals surface area contributed by atoms with Gasteiger partial charge in [0.1, 0.15) is 5.82 Å². The Balaban J connectivity index is 1.44. The molecular weight excluding hydrogens is 379 g/mol. The lowest BCUT2D eigenvalue weighted by Gasteiger charge is -2.32. The molecule has 0 bridgehead atoms. The molecule has 0 aliphatic carbocycles. The van der Waals surface area contributed by atoms with Crippen LogP contribution in [-0.4, -0.2) is 33.9 Å². The second-order valence-corrected chi connectivity index (χ2v) is 7.71. The minimum Gasteiger partial charge on any atom is -0.380 e. The summed E-state index contributed by atoms with van der Waals surface area (Å²) < 4.78 is 13.2. The van der Waals surface area contributed by atoms with Gasteiger partial charge in [-0.1, -0.05) is 18.2 Å². The van der Waals surface area contributed by atoms with Crippen LogP contribution >= 0.6 is 0 Å². The third kappa shape index (κ3) is 4.48. The zero-order chi connectivity index (χ0) is 20.9. The van der Waals surface area contributed by atoms with E-state index in [4.69, 9.17) is 0 Å². The molecule has 3 heterocycles. The van der Waals surface area contributed by atoms with Crippen molar-refractivity contribution in [1.82, 2.24) is 14.9 Å². The first kappa shape index (κ1) is 20.0. The van der Waals surface area contributed by atoms with Crippen molar-refractivity contribution in [3.8, 4) is 0 Å². The predicted octanol–water partition coefficient (Wildman–Crippen LogP) is 4.56. The number of likely N-dealkylation sites (tertiary alicyclic amines) is 1. The molecule has 1 saturated heterocycles. The number of anilines is 1. The van der Waals surface area contributed by atoms with E-state index >= 15 is 0 Å². The van der Waals surface area contributed by atoms with Gasteiger partial charge in [0.05, 0.1) is 11.3 Å². The maximum absolute atomic E-state index is 13.3. The van der Waals surface area contributed by atoms with E-state index in [2.05, 4.69) is 15.3 Å². The summed E-state index contributed by atoms with van der Waals surface area (Å²) in [6.07, 6.45) is 8.71. The molecule has 1 aliphatic heterocycles. The summed E-state index contributed by atoms with van der Waals surface area (Å²) in [5.74, 6) is 0.135.